The number of hydrogen-bond acceptors (Lipinski definition) is 2. The molecule has 0 aromatic heterocycles. The summed E-state index contributed by atoms with van der Waals surface area (Å²) in [6, 6.07) is 11.7. The van der Waals surface area contributed by atoms with Gasteiger partial charge in [0.2, 0.25) is 0 Å². The zero-order valence-corrected chi connectivity index (χ0v) is 8.86. The zero-order valence-electron chi connectivity index (χ0n) is 8.86. The summed E-state index contributed by atoms with van der Waals surface area (Å²) in [5, 5.41) is 12.0. The fourth-order valence-corrected chi connectivity index (χ4v) is 1.67. The number of aliphatic imine (C=N–C) groups is 1. The van der Waals surface area contributed by atoms with Crippen molar-refractivity contribution < 1.29 is 5.11 Å². The predicted molar refractivity (Wildman–Crippen MR) is 63.7 cm³/mol. The lowest BCUT2D eigenvalue weighted by Crippen LogP contribution is -1.94. The third-order valence-corrected chi connectivity index (χ3v) is 2.63. The summed E-state index contributed by atoms with van der Waals surface area (Å²) in [7, 11) is 1.73. The normalized spacial score (nSPS) is 12.0. The molecule has 2 aromatic carbocycles. The molecular weight excluding hydrogens is 186 g/mol. The molecular formula is C13H13NO. The number of fused-ring (bicyclic) bond motifs is 1. The molecule has 0 heterocycles. The van der Waals surface area contributed by atoms with E-state index >= 15 is 0 Å². The van der Waals surface area contributed by atoms with Crippen LogP contribution in [0.4, 0.5) is 0 Å². The first kappa shape index (κ1) is 9.71. The van der Waals surface area contributed by atoms with Crippen molar-refractivity contribution >= 4 is 16.5 Å². The molecule has 0 amide bonds. The molecule has 0 spiro atoms. The highest BCUT2D eigenvalue weighted by molar-refractivity contribution is 6.06. The standard InChI is InChI=1S/C13H13NO/c1-9(14-2)11-8-7-10-5-3-4-6-12(10)13(11)15/h3-8,15H,1-2H3. The Hall–Kier alpha value is -1.83. The second-order valence-corrected chi connectivity index (χ2v) is 3.49. The molecule has 0 radical (unpaired) electrons. The minimum atomic E-state index is 0.316. The molecule has 0 fully saturated rings. The molecule has 0 atom stereocenters. The van der Waals surface area contributed by atoms with Gasteiger partial charge in [-0.25, -0.2) is 0 Å². The Labute approximate surface area is 88.9 Å². The van der Waals surface area contributed by atoms with Crippen molar-refractivity contribution in [1.82, 2.24) is 0 Å². The zero-order chi connectivity index (χ0) is 10.8. The Kier molecular flexibility index (Phi) is 2.42. The molecule has 0 bridgehead atoms. The summed E-state index contributed by atoms with van der Waals surface area (Å²) >= 11 is 0. The quantitative estimate of drug-likeness (QED) is 0.703. The topological polar surface area (TPSA) is 32.6 Å². The number of phenols is 1. The molecule has 76 valence electrons. The van der Waals surface area contributed by atoms with Gasteiger partial charge in [0.1, 0.15) is 5.75 Å². The van der Waals surface area contributed by atoms with Crippen LogP contribution in [0.3, 0.4) is 0 Å². The van der Waals surface area contributed by atoms with Crippen LogP contribution in [0, 0.1) is 0 Å². The van der Waals surface area contributed by atoms with Crippen molar-refractivity contribution in [2.75, 3.05) is 7.05 Å². The molecule has 0 saturated carbocycles. The summed E-state index contributed by atoms with van der Waals surface area (Å²) in [5.74, 6) is 0.316. The van der Waals surface area contributed by atoms with Crippen LogP contribution < -0.4 is 0 Å². The first-order valence-electron chi connectivity index (χ1n) is 4.88. The Morgan fingerprint density at radius 1 is 1.13 bits per heavy atom. The summed E-state index contributed by atoms with van der Waals surface area (Å²) in [6.07, 6.45) is 0. The first-order chi connectivity index (χ1) is 7.24. The predicted octanol–water partition coefficient (Wildman–Crippen LogP) is 2.98. The summed E-state index contributed by atoms with van der Waals surface area (Å²) in [6.45, 7) is 1.89. The van der Waals surface area contributed by atoms with Crippen LogP contribution in [0.25, 0.3) is 10.8 Å². The SMILES string of the molecule is CN=C(C)c1ccc2ccccc2c1O. The molecule has 2 aromatic rings. The van der Waals surface area contributed by atoms with E-state index in [1.54, 1.807) is 7.05 Å². The summed E-state index contributed by atoms with van der Waals surface area (Å²) < 4.78 is 0. The number of hydrogen-bond donors (Lipinski definition) is 1. The second kappa shape index (κ2) is 3.73. The van der Waals surface area contributed by atoms with Crippen LogP contribution in [0.1, 0.15) is 12.5 Å². The number of nitrogens with zero attached hydrogens (tertiary/aromatic N) is 1. The van der Waals surface area contributed by atoms with Crippen molar-refractivity contribution in [3.8, 4) is 5.75 Å². The lowest BCUT2D eigenvalue weighted by Gasteiger charge is -2.06. The number of benzene rings is 2. The number of rotatable bonds is 1. The van der Waals surface area contributed by atoms with Gasteiger partial charge in [0, 0.05) is 23.7 Å². The van der Waals surface area contributed by atoms with Crippen molar-refractivity contribution in [3.63, 3.8) is 0 Å². The smallest absolute Gasteiger partial charge is 0.132 e. The summed E-state index contributed by atoms with van der Waals surface area (Å²) in [5.41, 5.74) is 1.65. The van der Waals surface area contributed by atoms with E-state index in [9.17, 15) is 5.11 Å². The van der Waals surface area contributed by atoms with E-state index in [0.29, 0.717) is 5.75 Å². The van der Waals surface area contributed by atoms with Gasteiger partial charge >= 0.3 is 0 Å². The van der Waals surface area contributed by atoms with Crippen LogP contribution in [-0.2, 0) is 0 Å². The molecule has 15 heavy (non-hydrogen) atoms. The van der Waals surface area contributed by atoms with Crippen molar-refractivity contribution in [2.24, 2.45) is 4.99 Å². The number of aromatic hydroxyl groups is 1. The second-order valence-electron chi connectivity index (χ2n) is 3.49. The molecule has 0 saturated heterocycles. The molecule has 2 heteroatoms. The minimum Gasteiger partial charge on any atom is -0.507 e. The first-order valence-corrected chi connectivity index (χ1v) is 4.88. The van der Waals surface area contributed by atoms with Crippen LogP contribution in [0.5, 0.6) is 5.75 Å². The maximum Gasteiger partial charge on any atom is 0.132 e. The lowest BCUT2D eigenvalue weighted by molar-refractivity contribution is 0.480. The van der Waals surface area contributed by atoms with E-state index in [1.807, 2.05) is 43.3 Å². The molecule has 1 N–H and O–H groups in total. The lowest BCUT2D eigenvalue weighted by atomic mass is 10.0. The highest BCUT2D eigenvalue weighted by atomic mass is 16.3. The Morgan fingerprint density at radius 2 is 1.87 bits per heavy atom. The summed E-state index contributed by atoms with van der Waals surface area (Å²) in [4.78, 5) is 4.08. The molecule has 0 aliphatic rings. The Bertz CT molecular complexity index is 529. The third-order valence-electron chi connectivity index (χ3n) is 2.63. The highest BCUT2D eigenvalue weighted by Gasteiger charge is 2.07. The van der Waals surface area contributed by atoms with E-state index in [-0.39, 0.29) is 0 Å². The third kappa shape index (κ3) is 1.59. The van der Waals surface area contributed by atoms with Gasteiger partial charge in [-0.15, -0.1) is 0 Å². The highest BCUT2D eigenvalue weighted by Crippen LogP contribution is 2.28. The monoisotopic (exact) mass is 199 g/mol. The van der Waals surface area contributed by atoms with Gasteiger partial charge in [-0.3, -0.25) is 4.99 Å². The fraction of sp³-hybridized carbons (Fsp3) is 0.154. The Morgan fingerprint density at radius 3 is 2.60 bits per heavy atom. The maximum absolute atomic E-state index is 10.1. The Balaban J connectivity index is 2.76. The van der Waals surface area contributed by atoms with Gasteiger partial charge in [0.15, 0.2) is 0 Å². The van der Waals surface area contributed by atoms with E-state index < -0.39 is 0 Å². The van der Waals surface area contributed by atoms with Gasteiger partial charge in [-0.05, 0) is 18.4 Å². The van der Waals surface area contributed by atoms with Crippen LogP contribution in [0.15, 0.2) is 41.4 Å². The molecule has 2 nitrogen and oxygen atoms in total. The van der Waals surface area contributed by atoms with Crippen LogP contribution in [-0.4, -0.2) is 17.9 Å². The van der Waals surface area contributed by atoms with Crippen molar-refractivity contribution in [2.45, 2.75) is 6.92 Å². The van der Waals surface area contributed by atoms with E-state index in [2.05, 4.69) is 4.99 Å². The molecule has 0 aliphatic heterocycles. The van der Waals surface area contributed by atoms with Gasteiger partial charge < -0.3 is 5.11 Å². The van der Waals surface area contributed by atoms with Gasteiger partial charge in [0.05, 0.1) is 0 Å². The van der Waals surface area contributed by atoms with Crippen molar-refractivity contribution in [3.05, 3.63) is 42.0 Å². The van der Waals surface area contributed by atoms with E-state index in [1.165, 1.54) is 0 Å². The largest absolute Gasteiger partial charge is 0.507 e. The minimum absolute atomic E-state index is 0.316. The van der Waals surface area contributed by atoms with E-state index in [0.717, 1.165) is 22.0 Å². The molecule has 2 rings (SSSR count). The van der Waals surface area contributed by atoms with Gasteiger partial charge in [-0.1, -0.05) is 30.3 Å². The number of phenolic OH excluding ortho intramolecular Hbond substituents is 1. The maximum atomic E-state index is 10.1. The van der Waals surface area contributed by atoms with Gasteiger partial charge in [-0.2, -0.15) is 0 Å². The van der Waals surface area contributed by atoms with Crippen molar-refractivity contribution in [1.29, 1.82) is 0 Å². The fourth-order valence-electron chi connectivity index (χ4n) is 1.67. The molecule has 0 unspecified atom stereocenters. The van der Waals surface area contributed by atoms with E-state index in [4.69, 9.17) is 0 Å². The van der Waals surface area contributed by atoms with Crippen LogP contribution in [0.2, 0.25) is 0 Å². The average molecular weight is 199 g/mol. The van der Waals surface area contributed by atoms with Gasteiger partial charge in [0.25, 0.3) is 0 Å². The average Bonchev–Trinajstić information content (AvgIpc) is 2.29. The van der Waals surface area contributed by atoms with Crippen LogP contribution >= 0.6 is 0 Å². The molecule has 0 aliphatic carbocycles.